The van der Waals surface area contributed by atoms with E-state index in [2.05, 4.69) is 9.88 Å². The number of halogens is 1. The molecule has 1 fully saturated rings. The fourth-order valence-electron chi connectivity index (χ4n) is 2.91. The van der Waals surface area contributed by atoms with Crippen molar-refractivity contribution in [2.24, 2.45) is 0 Å². The summed E-state index contributed by atoms with van der Waals surface area (Å²) in [7, 11) is 0. The largest absolute Gasteiger partial charge is 0.342 e. The van der Waals surface area contributed by atoms with Crippen molar-refractivity contribution in [1.29, 1.82) is 0 Å². The second-order valence-electron chi connectivity index (χ2n) is 5.51. The fourth-order valence-corrected chi connectivity index (χ4v) is 3.04. The van der Waals surface area contributed by atoms with Crippen molar-refractivity contribution in [1.82, 2.24) is 9.88 Å². The summed E-state index contributed by atoms with van der Waals surface area (Å²) in [5.74, 6) is 0.167. The molecule has 0 atom stereocenters. The van der Waals surface area contributed by atoms with Gasteiger partial charge in [-0.1, -0.05) is 23.7 Å². The van der Waals surface area contributed by atoms with Crippen molar-refractivity contribution >= 4 is 17.4 Å². The molecule has 2 heterocycles. The van der Waals surface area contributed by atoms with Crippen LogP contribution in [-0.2, 0) is 6.42 Å². The molecule has 3 nitrogen and oxygen atoms in total. The van der Waals surface area contributed by atoms with E-state index >= 15 is 0 Å². The van der Waals surface area contributed by atoms with Crippen LogP contribution in [0.1, 0.15) is 34.9 Å². The summed E-state index contributed by atoms with van der Waals surface area (Å²) < 4.78 is 2.15. The quantitative estimate of drug-likeness (QED) is 0.877. The molecule has 1 aromatic carbocycles. The summed E-state index contributed by atoms with van der Waals surface area (Å²) in [5.41, 5.74) is 1.82. The van der Waals surface area contributed by atoms with Gasteiger partial charge in [0.1, 0.15) is 0 Å². The number of piperidine rings is 1. The highest BCUT2D eigenvalue weighted by Crippen LogP contribution is 2.22. The molecule has 21 heavy (non-hydrogen) atoms. The van der Waals surface area contributed by atoms with Crippen LogP contribution < -0.4 is 5.32 Å². The Morgan fingerprint density at radius 3 is 2.62 bits per heavy atom. The van der Waals surface area contributed by atoms with Gasteiger partial charge in [-0.25, -0.2) is 0 Å². The molecule has 0 aliphatic carbocycles. The SMILES string of the molecule is O=C(Cc1ccc(Cl)cc1)c1cccn1C1CCNCC1. The topological polar surface area (TPSA) is 34.0 Å². The molecule has 0 radical (unpaired) electrons. The molecule has 1 aliphatic heterocycles. The average Bonchev–Trinajstić information content (AvgIpc) is 3.00. The van der Waals surface area contributed by atoms with Crippen LogP contribution >= 0.6 is 11.6 Å². The molecular weight excluding hydrogens is 284 g/mol. The van der Waals surface area contributed by atoms with E-state index in [1.54, 1.807) is 0 Å². The maximum atomic E-state index is 12.6. The fraction of sp³-hybridized carbons (Fsp3) is 0.353. The lowest BCUT2D eigenvalue weighted by Gasteiger charge is -2.25. The number of nitrogens with zero attached hydrogens (tertiary/aromatic N) is 1. The second kappa shape index (κ2) is 6.46. The molecule has 3 rings (SSSR count). The van der Waals surface area contributed by atoms with Crippen molar-refractivity contribution in [2.75, 3.05) is 13.1 Å². The molecule has 2 aromatic rings. The van der Waals surface area contributed by atoms with Gasteiger partial charge >= 0.3 is 0 Å². The second-order valence-corrected chi connectivity index (χ2v) is 5.94. The predicted molar refractivity (Wildman–Crippen MR) is 85.1 cm³/mol. The third kappa shape index (κ3) is 3.36. The molecular formula is C17H19ClN2O. The first-order chi connectivity index (χ1) is 10.2. The normalized spacial score (nSPS) is 16.0. The summed E-state index contributed by atoms with van der Waals surface area (Å²) in [6.45, 7) is 2.04. The zero-order chi connectivity index (χ0) is 14.7. The zero-order valence-electron chi connectivity index (χ0n) is 11.9. The van der Waals surface area contributed by atoms with Gasteiger partial charge in [-0.15, -0.1) is 0 Å². The zero-order valence-corrected chi connectivity index (χ0v) is 12.6. The Morgan fingerprint density at radius 2 is 1.90 bits per heavy atom. The smallest absolute Gasteiger partial charge is 0.183 e. The lowest BCUT2D eigenvalue weighted by atomic mass is 10.0. The summed E-state index contributed by atoms with van der Waals surface area (Å²) in [6, 6.07) is 11.8. The summed E-state index contributed by atoms with van der Waals surface area (Å²) in [4.78, 5) is 12.6. The highest BCUT2D eigenvalue weighted by molar-refractivity contribution is 6.30. The first-order valence-corrected chi connectivity index (χ1v) is 7.77. The molecule has 1 aromatic heterocycles. The molecule has 0 bridgehead atoms. The van der Waals surface area contributed by atoms with Gasteiger partial charge < -0.3 is 9.88 Å². The highest BCUT2D eigenvalue weighted by atomic mass is 35.5. The molecule has 0 saturated carbocycles. The van der Waals surface area contributed by atoms with E-state index in [-0.39, 0.29) is 5.78 Å². The Hall–Kier alpha value is -1.58. The Bertz CT molecular complexity index is 612. The Morgan fingerprint density at radius 1 is 1.19 bits per heavy atom. The van der Waals surface area contributed by atoms with Gasteiger partial charge in [0, 0.05) is 23.7 Å². The number of benzene rings is 1. The number of carbonyl (C=O) groups is 1. The van der Waals surface area contributed by atoms with Crippen LogP contribution in [-0.4, -0.2) is 23.4 Å². The third-order valence-electron chi connectivity index (χ3n) is 4.04. The van der Waals surface area contributed by atoms with Crippen LogP contribution in [0.25, 0.3) is 0 Å². The molecule has 0 spiro atoms. The molecule has 1 aliphatic rings. The van der Waals surface area contributed by atoms with Gasteiger partial charge in [0.25, 0.3) is 0 Å². The minimum atomic E-state index is 0.167. The summed E-state index contributed by atoms with van der Waals surface area (Å²) in [5, 5.41) is 4.06. The number of carbonyl (C=O) groups excluding carboxylic acids is 1. The van der Waals surface area contributed by atoms with E-state index in [0.29, 0.717) is 17.5 Å². The minimum absolute atomic E-state index is 0.167. The number of hydrogen-bond acceptors (Lipinski definition) is 2. The third-order valence-corrected chi connectivity index (χ3v) is 4.30. The molecule has 110 valence electrons. The Kier molecular flexibility index (Phi) is 4.42. The van der Waals surface area contributed by atoms with E-state index in [4.69, 9.17) is 11.6 Å². The standard InChI is InChI=1S/C17H19ClN2O/c18-14-5-3-13(4-6-14)12-17(21)16-2-1-11-20(16)15-7-9-19-10-8-15/h1-6,11,15,19H,7-10,12H2. The number of ketones is 1. The van der Waals surface area contributed by atoms with Crippen LogP contribution in [0.5, 0.6) is 0 Å². The maximum absolute atomic E-state index is 12.6. The van der Waals surface area contributed by atoms with Crippen LogP contribution in [0.15, 0.2) is 42.6 Å². The molecule has 1 N–H and O–H groups in total. The van der Waals surface area contributed by atoms with E-state index < -0.39 is 0 Å². The minimum Gasteiger partial charge on any atom is -0.342 e. The Balaban J connectivity index is 1.75. The highest BCUT2D eigenvalue weighted by Gasteiger charge is 2.19. The van der Waals surface area contributed by atoms with Crippen LogP contribution in [0.3, 0.4) is 0 Å². The maximum Gasteiger partial charge on any atom is 0.183 e. The lowest BCUT2D eigenvalue weighted by Crippen LogP contribution is -2.30. The summed E-state index contributed by atoms with van der Waals surface area (Å²) >= 11 is 5.88. The molecule has 0 unspecified atom stereocenters. The van der Waals surface area contributed by atoms with Crippen molar-refractivity contribution < 1.29 is 4.79 Å². The number of Topliss-reactive ketones (excluding diaryl/α,β-unsaturated/α-hetero) is 1. The van der Waals surface area contributed by atoms with Crippen molar-refractivity contribution in [3.8, 4) is 0 Å². The predicted octanol–water partition coefficient (Wildman–Crippen LogP) is 3.49. The van der Waals surface area contributed by atoms with E-state index in [1.165, 1.54) is 0 Å². The number of aromatic nitrogens is 1. The monoisotopic (exact) mass is 302 g/mol. The molecule has 4 heteroatoms. The van der Waals surface area contributed by atoms with Crippen LogP contribution in [0, 0.1) is 0 Å². The van der Waals surface area contributed by atoms with Crippen LogP contribution in [0.2, 0.25) is 5.02 Å². The molecule has 0 amide bonds. The van der Waals surface area contributed by atoms with E-state index in [1.807, 2.05) is 42.6 Å². The lowest BCUT2D eigenvalue weighted by molar-refractivity contribution is 0.0980. The van der Waals surface area contributed by atoms with E-state index in [9.17, 15) is 4.79 Å². The first-order valence-electron chi connectivity index (χ1n) is 7.39. The average molecular weight is 303 g/mol. The van der Waals surface area contributed by atoms with E-state index in [0.717, 1.165) is 37.2 Å². The van der Waals surface area contributed by atoms with Crippen molar-refractivity contribution in [2.45, 2.75) is 25.3 Å². The van der Waals surface area contributed by atoms with Gasteiger partial charge in [0.05, 0.1) is 5.69 Å². The summed E-state index contributed by atoms with van der Waals surface area (Å²) in [6.07, 6.45) is 4.61. The van der Waals surface area contributed by atoms with Gasteiger partial charge in [-0.2, -0.15) is 0 Å². The van der Waals surface area contributed by atoms with Gasteiger partial charge in [0.2, 0.25) is 0 Å². The van der Waals surface area contributed by atoms with Gasteiger partial charge in [-0.05, 0) is 55.8 Å². The van der Waals surface area contributed by atoms with Gasteiger partial charge in [0.15, 0.2) is 5.78 Å². The van der Waals surface area contributed by atoms with Crippen LogP contribution in [0.4, 0.5) is 0 Å². The van der Waals surface area contributed by atoms with Crippen molar-refractivity contribution in [3.05, 3.63) is 58.9 Å². The number of nitrogens with one attached hydrogen (secondary N) is 1. The molecule has 1 saturated heterocycles. The van der Waals surface area contributed by atoms with Crippen molar-refractivity contribution in [3.63, 3.8) is 0 Å². The van der Waals surface area contributed by atoms with Gasteiger partial charge in [-0.3, -0.25) is 4.79 Å². The Labute approximate surface area is 129 Å². The number of rotatable bonds is 4. The first kappa shape index (κ1) is 14.4. The number of hydrogen-bond donors (Lipinski definition) is 1.